The molecule has 1 unspecified atom stereocenters. The van der Waals surface area contributed by atoms with Gasteiger partial charge in [-0.2, -0.15) is 0 Å². The summed E-state index contributed by atoms with van der Waals surface area (Å²) in [5.74, 6) is 0.782. The Bertz CT molecular complexity index is 94.9. The monoisotopic (exact) mass is 126 g/mol. The first kappa shape index (κ1) is 7.14. The first-order valence-corrected chi connectivity index (χ1v) is 3.89. The average molecular weight is 126 g/mol. The fourth-order valence-corrected chi connectivity index (χ4v) is 1.66. The zero-order chi connectivity index (χ0) is 6.85. The Kier molecular flexibility index (Phi) is 2.17. The second-order valence-corrected chi connectivity index (χ2v) is 3.11. The molecule has 1 heterocycles. The highest BCUT2D eigenvalue weighted by molar-refractivity contribution is 6.11. The maximum atomic E-state index is 5.62. The van der Waals surface area contributed by atoms with Crippen LogP contribution in [-0.4, -0.2) is 20.0 Å². The van der Waals surface area contributed by atoms with Crippen molar-refractivity contribution in [1.29, 1.82) is 0 Å². The quantitative estimate of drug-likeness (QED) is 0.471. The standard InChI is InChI=1S/C7H15BO/c1-3-6-5(2)4-7(8)9-6/h5-7H,3-4,8H2,1-2H3/t5?,6-,7-/m0/s1. The fraction of sp³-hybridized carbons (Fsp3) is 1.00. The zero-order valence-electron chi connectivity index (χ0n) is 6.55. The van der Waals surface area contributed by atoms with Gasteiger partial charge in [0.05, 0.1) is 6.10 Å². The number of hydrogen-bond donors (Lipinski definition) is 0. The Balaban J connectivity index is 2.38. The van der Waals surface area contributed by atoms with Crippen molar-refractivity contribution < 1.29 is 4.74 Å². The molecule has 0 aromatic carbocycles. The highest BCUT2D eigenvalue weighted by atomic mass is 16.5. The van der Waals surface area contributed by atoms with Gasteiger partial charge < -0.3 is 4.74 Å². The highest BCUT2D eigenvalue weighted by Crippen LogP contribution is 2.25. The van der Waals surface area contributed by atoms with Gasteiger partial charge in [0, 0.05) is 6.00 Å². The molecule has 9 heavy (non-hydrogen) atoms. The summed E-state index contributed by atoms with van der Waals surface area (Å²) in [4.78, 5) is 0. The molecule has 0 bridgehead atoms. The third-order valence-electron chi connectivity index (χ3n) is 2.15. The Hall–Kier alpha value is 0.0249. The molecule has 1 nitrogen and oxygen atoms in total. The second kappa shape index (κ2) is 2.74. The van der Waals surface area contributed by atoms with Gasteiger partial charge in [0.1, 0.15) is 7.85 Å². The molecular formula is C7H15BO. The van der Waals surface area contributed by atoms with E-state index in [1.807, 2.05) is 0 Å². The lowest BCUT2D eigenvalue weighted by Crippen LogP contribution is -2.12. The molecule has 1 rings (SSSR count). The van der Waals surface area contributed by atoms with E-state index >= 15 is 0 Å². The van der Waals surface area contributed by atoms with Crippen molar-refractivity contribution in [1.82, 2.24) is 0 Å². The zero-order valence-corrected chi connectivity index (χ0v) is 6.55. The molecule has 1 saturated heterocycles. The van der Waals surface area contributed by atoms with E-state index in [-0.39, 0.29) is 0 Å². The number of ether oxygens (including phenoxy) is 1. The van der Waals surface area contributed by atoms with Crippen molar-refractivity contribution in [2.75, 3.05) is 0 Å². The number of rotatable bonds is 1. The molecule has 0 N–H and O–H groups in total. The van der Waals surface area contributed by atoms with Crippen LogP contribution in [0.25, 0.3) is 0 Å². The van der Waals surface area contributed by atoms with E-state index in [4.69, 9.17) is 4.74 Å². The SMILES string of the molecule is B[C@@H]1CC(C)[C@H](CC)O1. The summed E-state index contributed by atoms with van der Waals surface area (Å²) in [6, 6.07) is 0.505. The van der Waals surface area contributed by atoms with Gasteiger partial charge in [0.2, 0.25) is 0 Å². The Morgan fingerprint density at radius 3 is 2.56 bits per heavy atom. The van der Waals surface area contributed by atoms with Gasteiger partial charge in [-0.1, -0.05) is 13.8 Å². The molecule has 52 valence electrons. The third kappa shape index (κ3) is 1.48. The highest BCUT2D eigenvalue weighted by Gasteiger charge is 2.27. The van der Waals surface area contributed by atoms with Crippen LogP contribution >= 0.6 is 0 Å². The lowest BCUT2D eigenvalue weighted by molar-refractivity contribution is 0.0718. The largest absolute Gasteiger partial charge is 0.384 e. The Morgan fingerprint density at radius 2 is 2.33 bits per heavy atom. The first-order valence-electron chi connectivity index (χ1n) is 3.89. The molecule has 0 spiro atoms. The summed E-state index contributed by atoms with van der Waals surface area (Å²) in [7, 11) is 2.16. The van der Waals surface area contributed by atoms with Crippen molar-refractivity contribution in [2.24, 2.45) is 5.92 Å². The first-order chi connectivity index (χ1) is 4.24. The van der Waals surface area contributed by atoms with Gasteiger partial charge in [0.15, 0.2) is 0 Å². The van der Waals surface area contributed by atoms with Crippen molar-refractivity contribution in [3.05, 3.63) is 0 Å². The molecule has 2 heteroatoms. The Morgan fingerprint density at radius 1 is 1.67 bits per heavy atom. The fourth-order valence-electron chi connectivity index (χ4n) is 1.66. The maximum Gasteiger partial charge on any atom is 0.139 e. The molecule has 1 aliphatic rings. The van der Waals surface area contributed by atoms with Crippen molar-refractivity contribution in [3.8, 4) is 0 Å². The van der Waals surface area contributed by atoms with Crippen LogP contribution in [0.4, 0.5) is 0 Å². The van der Waals surface area contributed by atoms with E-state index in [0.29, 0.717) is 12.1 Å². The van der Waals surface area contributed by atoms with Crippen LogP contribution in [0.3, 0.4) is 0 Å². The van der Waals surface area contributed by atoms with Gasteiger partial charge in [-0.15, -0.1) is 0 Å². The summed E-state index contributed by atoms with van der Waals surface area (Å²) < 4.78 is 5.62. The minimum atomic E-state index is 0.505. The molecule has 0 amide bonds. The normalized spacial score (nSPS) is 43.6. The van der Waals surface area contributed by atoms with Crippen molar-refractivity contribution >= 4 is 7.85 Å². The van der Waals surface area contributed by atoms with Crippen LogP contribution in [-0.2, 0) is 4.74 Å². The maximum absolute atomic E-state index is 5.62. The van der Waals surface area contributed by atoms with E-state index in [9.17, 15) is 0 Å². The van der Waals surface area contributed by atoms with Gasteiger partial charge in [-0.05, 0) is 18.8 Å². The van der Waals surface area contributed by atoms with E-state index in [1.54, 1.807) is 0 Å². The molecule has 0 aliphatic carbocycles. The minimum absolute atomic E-state index is 0.505. The summed E-state index contributed by atoms with van der Waals surface area (Å²) in [6.07, 6.45) is 2.96. The topological polar surface area (TPSA) is 9.23 Å². The smallest absolute Gasteiger partial charge is 0.139 e. The van der Waals surface area contributed by atoms with Crippen molar-refractivity contribution in [3.63, 3.8) is 0 Å². The van der Waals surface area contributed by atoms with Crippen LogP contribution < -0.4 is 0 Å². The molecule has 0 aromatic rings. The van der Waals surface area contributed by atoms with Crippen LogP contribution in [0.5, 0.6) is 0 Å². The lowest BCUT2D eigenvalue weighted by Gasteiger charge is -2.10. The van der Waals surface area contributed by atoms with E-state index in [0.717, 1.165) is 5.92 Å². The predicted molar refractivity (Wildman–Crippen MR) is 41.3 cm³/mol. The van der Waals surface area contributed by atoms with Gasteiger partial charge in [-0.25, -0.2) is 0 Å². The molecular weight excluding hydrogens is 111 g/mol. The molecule has 0 aromatic heterocycles. The molecule has 1 aliphatic heterocycles. The van der Waals surface area contributed by atoms with Gasteiger partial charge in [-0.3, -0.25) is 0 Å². The van der Waals surface area contributed by atoms with E-state index < -0.39 is 0 Å². The molecule has 1 fully saturated rings. The second-order valence-electron chi connectivity index (χ2n) is 3.11. The summed E-state index contributed by atoms with van der Waals surface area (Å²) in [5.41, 5.74) is 0. The summed E-state index contributed by atoms with van der Waals surface area (Å²) >= 11 is 0. The number of hydrogen-bond acceptors (Lipinski definition) is 1. The van der Waals surface area contributed by atoms with Crippen LogP contribution in [0.2, 0.25) is 0 Å². The molecule has 0 saturated carbocycles. The predicted octanol–water partition coefficient (Wildman–Crippen LogP) is 0.781. The van der Waals surface area contributed by atoms with Crippen molar-refractivity contribution in [2.45, 2.75) is 38.8 Å². The molecule has 3 atom stereocenters. The minimum Gasteiger partial charge on any atom is -0.384 e. The van der Waals surface area contributed by atoms with Gasteiger partial charge >= 0.3 is 0 Å². The average Bonchev–Trinajstić information content (AvgIpc) is 2.10. The third-order valence-corrected chi connectivity index (χ3v) is 2.15. The van der Waals surface area contributed by atoms with E-state index in [1.165, 1.54) is 12.8 Å². The van der Waals surface area contributed by atoms with Gasteiger partial charge in [0.25, 0.3) is 0 Å². The van der Waals surface area contributed by atoms with Crippen LogP contribution in [0.15, 0.2) is 0 Å². The van der Waals surface area contributed by atoms with E-state index in [2.05, 4.69) is 21.7 Å². The summed E-state index contributed by atoms with van der Waals surface area (Å²) in [6.45, 7) is 4.47. The van der Waals surface area contributed by atoms with Crippen LogP contribution in [0, 0.1) is 5.92 Å². The summed E-state index contributed by atoms with van der Waals surface area (Å²) in [5, 5.41) is 0. The van der Waals surface area contributed by atoms with Crippen LogP contribution in [0.1, 0.15) is 26.7 Å². The molecule has 0 radical (unpaired) electrons. The Labute approximate surface area is 58.2 Å². The lowest BCUT2D eigenvalue weighted by atomic mass is 9.91.